The number of carbonyl (C=O) groups is 1. The maximum absolute atomic E-state index is 11.3. The molecule has 17 heavy (non-hydrogen) atoms. The predicted molar refractivity (Wildman–Crippen MR) is 68.2 cm³/mol. The molecule has 0 radical (unpaired) electrons. The van der Waals surface area contributed by atoms with E-state index in [-0.39, 0.29) is 5.78 Å². The fourth-order valence-electron chi connectivity index (χ4n) is 2.22. The molecule has 0 amide bonds. The fourth-order valence-corrected chi connectivity index (χ4v) is 2.22. The third-order valence-electron chi connectivity index (χ3n) is 3.11. The highest BCUT2D eigenvalue weighted by atomic mass is 16.1. The van der Waals surface area contributed by atoms with Gasteiger partial charge in [0, 0.05) is 24.7 Å². The molecule has 3 heteroatoms. The lowest BCUT2D eigenvalue weighted by atomic mass is 10.2. The number of Topliss-reactive ketones (excluding diaryl/α,β-unsaturated/α-hetero) is 1. The third kappa shape index (κ3) is 1.35. The summed E-state index contributed by atoms with van der Waals surface area (Å²) in [7, 11) is 1.97. The van der Waals surface area contributed by atoms with Crippen molar-refractivity contribution in [2.24, 2.45) is 7.05 Å². The van der Waals surface area contributed by atoms with E-state index in [1.54, 1.807) is 6.07 Å². The second-order valence-electron chi connectivity index (χ2n) is 4.20. The zero-order valence-electron chi connectivity index (χ0n) is 9.77. The summed E-state index contributed by atoms with van der Waals surface area (Å²) in [5, 5.41) is 2.26. The Bertz CT molecular complexity index is 740. The van der Waals surface area contributed by atoms with Gasteiger partial charge in [-0.25, -0.2) is 4.98 Å². The first-order valence-electron chi connectivity index (χ1n) is 5.53. The topological polar surface area (TPSA) is 34.9 Å². The Morgan fingerprint density at radius 3 is 2.65 bits per heavy atom. The van der Waals surface area contributed by atoms with E-state index in [1.807, 2.05) is 29.8 Å². The Hall–Kier alpha value is -2.16. The van der Waals surface area contributed by atoms with Crippen LogP contribution >= 0.6 is 0 Å². The van der Waals surface area contributed by atoms with E-state index < -0.39 is 0 Å². The standard InChI is InChI=1S/C14H12N2O/c1-9(17)12-8-7-11-10-5-3-4-6-13(10)16(2)14(11)15-12/h3-8H,1-2H3. The number of carbonyl (C=O) groups excluding carboxylic acids is 1. The van der Waals surface area contributed by atoms with Gasteiger partial charge in [0.15, 0.2) is 5.78 Å². The zero-order chi connectivity index (χ0) is 12.0. The van der Waals surface area contributed by atoms with Gasteiger partial charge in [-0.3, -0.25) is 4.79 Å². The smallest absolute Gasteiger partial charge is 0.178 e. The van der Waals surface area contributed by atoms with Crippen molar-refractivity contribution >= 4 is 27.7 Å². The minimum Gasteiger partial charge on any atom is -0.328 e. The van der Waals surface area contributed by atoms with E-state index in [0.29, 0.717) is 5.69 Å². The van der Waals surface area contributed by atoms with Gasteiger partial charge in [-0.2, -0.15) is 0 Å². The number of benzene rings is 1. The SMILES string of the molecule is CC(=O)c1ccc2c3ccccc3n(C)c2n1. The van der Waals surface area contributed by atoms with Crippen LogP contribution < -0.4 is 0 Å². The van der Waals surface area contributed by atoms with Gasteiger partial charge in [-0.05, 0) is 18.2 Å². The number of hydrogen-bond donors (Lipinski definition) is 0. The summed E-state index contributed by atoms with van der Waals surface area (Å²) in [6.45, 7) is 1.54. The van der Waals surface area contributed by atoms with Crippen molar-refractivity contribution in [3.8, 4) is 0 Å². The van der Waals surface area contributed by atoms with E-state index in [0.717, 1.165) is 16.6 Å². The number of fused-ring (bicyclic) bond motifs is 3. The summed E-state index contributed by atoms with van der Waals surface area (Å²) in [4.78, 5) is 15.8. The molecule has 3 nitrogen and oxygen atoms in total. The first kappa shape index (κ1) is 10.0. The number of pyridine rings is 1. The molecular formula is C14H12N2O. The fraction of sp³-hybridized carbons (Fsp3) is 0.143. The van der Waals surface area contributed by atoms with Gasteiger partial charge >= 0.3 is 0 Å². The summed E-state index contributed by atoms with van der Waals surface area (Å²) in [6.07, 6.45) is 0. The van der Waals surface area contributed by atoms with Crippen LogP contribution in [0.2, 0.25) is 0 Å². The van der Waals surface area contributed by atoms with Crippen LogP contribution in [-0.4, -0.2) is 15.3 Å². The lowest BCUT2D eigenvalue weighted by Gasteiger charge is -1.98. The van der Waals surface area contributed by atoms with Crippen molar-refractivity contribution in [1.82, 2.24) is 9.55 Å². The minimum atomic E-state index is -0.00263. The Labute approximate surface area is 98.7 Å². The molecule has 0 aliphatic rings. The summed E-state index contributed by atoms with van der Waals surface area (Å²) < 4.78 is 2.02. The lowest BCUT2D eigenvalue weighted by Crippen LogP contribution is -1.98. The maximum atomic E-state index is 11.3. The zero-order valence-corrected chi connectivity index (χ0v) is 9.77. The minimum absolute atomic E-state index is 0.00263. The van der Waals surface area contributed by atoms with Crippen molar-refractivity contribution in [3.63, 3.8) is 0 Å². The van der Waals surface area contributed by atoms with Gasteiger partial charge in [-0.15, -0.1) is 0 Å². The van der Waals surface area contributed by atoms with Gasteiger partial charge < -0.3 is 4.57 Å². The van der Waals surface area contributed by atoms with Crippen LogP contribution in [0.25, 0.3) is 21.9 Å². The van der Waals surface area contributed by atoms with Gasteiger partial charge in [0.05, 0.1) is 5.52 Å². The normalized spacial score (nSPS) is 11.2. The van der Waals surface area contributed by atoms with E-state index >= 15 is 0 Å². The summed E-state index contributed by atoms with van der Waals surface area (Å²) in [5.41, 5.74) is 2.51. The Balaban J connectivity index is 2.49. The molecule has 84 valence electrons. The highest BCUT2D eigenvalue weighted by molar-refractivity contribution is 6.07. The molecule has 0 saturated heterocycles. The van der Waals surface area contributed by atoms with Crippen LogP contribution in [0.5, 0.6) is 0 Å². The lowest BCUT2D eigenvalue weighted by molar-refractivity contribution is 0.101. The van der Waals surface area contributed by atoms with Crippen LogP contribution in [0.3, 0.4) is 0 Å². The average molecular weight is 224 g/mol. The quantitative estimate of drug-likeness (QED) is 0.596. The largest absolute Gasteiger partial charge is 0.328 e. The molecule has 0 atom stereocenters. The number of hydrogen-bond acceptors (Lipinski definition) is 2. The molecule has 0 aliphatic carbocycles. The third-order valence-corrected chi connectivity index (χ3v) is 3.11. The van der Waals surface area contributed by atoms with Crippen LogP contribution in [0.4, 0.5) is 0 Å². The monoisotopic (exact) mass is 224 g/mol. The van der Waals surface area contributed by atoms with Crippen LogP contribution in [0.15, 0.2) is 36.4 Å². The second-order valence-corrected chi connectivity index (χ2v) is 4.20. The van der Waals surface area contributed by atoms with Crippen molar-refractivity contribution < 1.29 is 4.79 Å². The van der Waals surface area contributed by atoms with E-state index in [4.69, 9.17) is 0 Å². The predicted octanol–water partition coefficient (Wildman–Crippen LogP) is 2.93. The molecule has 0 unspecified atom stereocenters. The van der Waals surface area contributed by atoms with Crippen LogP contribution in [-0.2, 0) is 7.05 Å². The maximum Gasteiger partial charge on any atom is 0.178 e. The highest BCUT2D eigenvalue weighted by Gasteiger charge is 2.10. The van der Waals surface area contributed by atoms with Gasteiger partial charge in [0.25, 0.3) is 0 Å². The van der Waals surface area contributed by atoms with Gasteiger partial charge in [-0.1, -0.05) is 18.2 Å². The number of aryl methyl sites for hydroxylation is 1. The molecule has 0 bridgehead atoms. The van der Waals surface area contributed by atoms with Crippen molar-refractivity contribution in [1.29, 1.82) is 0 Å². The number of para-hydroxylation sites is 1. The van der Waals surface area contributed by atoms with Crippen molar-refractivity contribution in [2.75, 3.05) is 0 Å². The second kappa shape index (κ2) is 3.42. The molecule has 0 N–H and O–H groups in total. The molecular weight excluding hydrogens is 212 g/mol. The van der Waals surface area contributed by atoms with Crippen LogP contribution in [0.1, 0.15) is 17.4 Å². The molecule has 1 aromatic carbocycles. The van der Waals surface area contributed by atoms with Crippen molar-refractivity contribution in [2.45, 2.75) is 6.92 Å². The molecule has 0 fully saturated rings. The molecule has 3 aromatic rings. The Kier molecular flexibility index (Phi) is 2.01. The van der Waals surface area contributed by atoms with Gasteiger partial charge in [0.2, 0.25) is 0 Å². The van der Waals surface area contributed by atoms with E-state index in [2.05, 4.69) is 17.1 Å². The van der Waals surface area contributed by atoms with E-state index in [1.165, 1.54) is 12.3 Å². The molecule has 2 aromatic heterocycles. The highest BCUT2D eigenvalue weighted by Crippen LogP contribution is 2.26. The van der Waals surface area contributed by atoms with Gasteiger partial charge in [0.1, 0.15) is 11.3 Å². The molecule has 0 aliphatic heterocycles. The first-order valence-corrected chi connectivity index (χ1v) is 5.53. The Morgan fingerprint density at radius 1 is 1.12 bits per heavy atom. The van der Waals surface area contributed by atoms with Crippen molar-refractivity contribution in [3.05, 3.63) is 42.1 Å². The number of rotatable bonds is 1. The summed E-state index contributed by atoms with van der Waals surface area (Å²) >= 11 is 0. The molecule has 0 saturated carbocycles. The first-order chi connectivity index (χ1) is 8.18. The number of nitrogens with zero attached hydrogens (tertiary/aromatic N) is 2. The number of ketones is 1. The average Bonchev–Trinajstić information content (AvgIpc) is 2.64. The summed E-state index contributed by atoms with van der Waals surface area (Å²) in [6, 6.07) is 11.9. The summed E-state index contributed by atoms with van der Waals surface area (Å²) in [5.74, 6) is -0.00263. The van der Waals surface area contributed by atoms with Crippen LogP contribution in [0, 0.1) is 0 Å². The number of aromatic nitrogens is 2. The molecule has 2 heterocycles. The molecule has 0 spiro atoms. The Morgan fingerprint density at radius 2 is 1.88 bits per heavy atom. The van der Waals surface area contributed by atoms with E-state index in [9.17, 15) is 4.79 Å². The molecule has 3 rings (SSSR count).